The maximum atomic E-state index is 5.82. The average molecular weight is 337 g/mol. The van der Waals surface area contributed by atoms with Crippen LogP contribution in [0.3, 0.4) is 0 Å². The van der Waals surface area contributed by atoms with Gasteiger partial charge >= 0.3 is 0 Å². The molecule has 3 N–H and O–H groups in total. The van der Waals surface area contributed by atoms with Crippen LogP contribution in [0.1, 0.15) is 5.56 Å². The van der Waals surface area contributed by atoms with E-state index in [-0.39, 0.29) is 0 Å². The SMILES string of the molecule is Nc1ncc(Br)cc1CNc1nc2nccnc2s1. The van der Waals surface area contributed by atoms with E-state index in [0.29, 0.717) is 18.0 Å². The molecular weight excluding hydrogens is 328 g/mol. The fourth-order valence-electron chi connectivity index (χ4n) is 1.56. The van der Waals surface area contributed by atoms with Crippen LogP contribution in [-0.4, -0.2) is 19.9 Å². The molecule has 0 saturated heterocycles. The summed E-state index contributed by atoms with van der Waals surface area (Å²) in [5.74, 6) is 0.507. The topological polar surface area (TPSA) is 89.6 Å². The number of aromatic nitrogens is 4. The van der Waals surface area contributed by atoms with Crippen LogP contribution < -0.4 is 11.1 Å². The Kier molecular flexibility index (Phi) is 3.26. The molecule has 6 nitrogen and oxygen atoms in total. The highest BCUT2D eigenvalue weighted by molar-refractivity contribution is 9.10. The number of nitrogens with two attached hydrogens (primary N) is 1. The Morgan fingerprint density at radius 1 is 1.26 bits per heavy atom. The molecule has 3 rings (SSSR count). The first-order valence-electron chi connectivity index (χ1n) is 5.44. The molecule has 3 heterocycles. The van der Waals surface area contributed by atoms with E-state index in [9.17, 15) is 0 Å². The van der Waals surface area contributed by atoms with Gasteiger partial charge in [0.2, 0.25) is 0 Å². The van der Waals surface area contributed by atoms with E-state index < -0.39 is 0 Å². The quantitative estimate of drug-likeness (QED) is 0.763. The molecule has 3 aromatic rings. The fraction of sp³-hybridized carbons (Fsp3) is 0.0909. The van der Waals surface area contributed by atoms with Crippen molar-refractivity contribution < 1.29 is 0 Å². The van der Waals surface area contributed by atoms with Gasteiger partial charge in [0.1, 0.15) is 5.82 Å². The summed E-state index contributed by atoms with van der Waals surface area (Å²) in [6.45, 7) is 0.554. The standard InChI is InChI=1S/C11H9BrN6S/c12-7-3-6(8(13)16-5-7)4-17-11-18-9-10(19-11)15-2-1-14-9/h1-3,5H,4H2,(H2,13,16)(H,14,17,18). The zero-order valence-electron chi connectivity index (χ0n) is 9.67. The lowest BCUT2D eigenvalue weighted by Crippen LogP contribution is -2.04. The van der Waals surface area contributed by atoms with Crippen LogP contribution in [0.2, 0.25) is 0 Å². The second kappa shape index (κ2) is 5.06. The summed E-state index contributed by atoms with van der Waals surface area (Å²) in [6.07, 6.45) is 4.95. The first-order valence-corrected chi connectivity index (χ1v) is 7.04. The maximum absolute atomic E-state index is 5.82. The van der Waals surface area contributed by atoms with Crippen molar-refractivity contribution in [2.24, 2.45) is 0 Å². The van der Waals surface area contributed by atoms with Crippen LogP contribution >= 0.6 is 27.3 Å². The van der Waals surface area contributed by atoms with Gasteiger partial charge in [-0.1, -0.05) is 11.3 Å². The summed E-state index contributed by atoms with van der Waals surface area (Å²) in [5.41, 5.74) is 7.38. The number of rotatable bonds is 3. The second-order valence-corrected chi connectivity index (χ2v) is 5.65. The number of anilines is 2. The van der Waals surface area contributed by atoms with Gasteiger partial charge in [0.15, 0.2) is 15.6 Å². The van der Waals surface area contributed by atoms with Gasteiger partial charge in [-0.2, -0.15) is 4.98 Å². The summed E-state index contributed by atoms with van der Waals surface area (Å²) in [6, 6.07) is 1.93. The third-order valence-corrected chi connectivity index (χ3v) is 3.79. The lowest BCUT2D eigenvalue weighted by atomic mass is 10.2. The molecule has 0 spiro atoms. The van der Waals surface area contributed by atoms with Crippen LogP contribution in [0.5, 0.6) is 0 Å². The normalized spacial score (nSPS) is 10.8. The monoisotopic (exact) mass is 336 g/mol. The molecule has 0 aliphatic carbocycles. The highest BCUT2D eigenvalue weighted by atomic mass is 79.9. The van der Waals surface area contributed by atoms with Crippen molar-refractivity contribution in [3.8, 4) is 0 Å². The predicted molar refractivity (Wildman–Crippen MR) is 78.9 cm³/mol. The minimum Gasteiger partial charge on any atom is -0.383 e. The Morgan fingerprint density at radius 3 is 2.95 bits per heavy atom. The van der Waals surface area contributed by atoms with Crippen molar-refractivity contribution in [1.82, 2.24) is 19.9 Å². The predicted octanol–water partition coefficient (Wildman–Crippen LogP) is 2.44. The van der Waals surface area contributed by atoms with Gasteiger partial charge in [-0.05, 0) is 22.0 Å². The fourth-order valence-corrected chi connectivity index (χ4v) is 2.70. The summed E-state index contributed by atoms with van der Waals surface area (Å²) in [7, 11) is 0. The van der Waals surface area contributed by atoms with Gasteiger partial charge in [0, 0.05) is 35.2 Å². The molecule has 96 valence electrons. The zero-order chi connectivity index (χ0) is 13.2. The number of nitrogens with one attached hydrogen (secondary N) is 1. The van der Waals surface area contributed by atoms with Crippen molar-refractivity contribution in [3.63, 3.8) is 0 Å². The van der Waals surface area contributed by atoms with Gasteiger partial charge in [-0.25, -0.2) is 15.0 Å². The Morgan fingerprint density at radius 2 is 2.11 bits per heavy atom. The van der Waals surface area contributed by atoms with Gasteiger partial charge in [0.05, 0.1) is 0 Å². The van der Waals surface area contributed by atoms with E-state index in [1.54, 1.807) is 18.6 Å². The van der Waals surface area contributed by atoms with Crippen LogP contribution in [0.25, 0.3) is 10.5 Å². The first kappa shape index (κ1) is 12.2. The maximum Gasteiger partial charge on any atom is 0.191 e. The number of thiazole rings is 1. The van der Waals surface area contributed by atoms with Gasteiger partial charge in [-0.3, -0.25) is 0 Å². The Labute approximate surface area is 121 Å². The lowest BCUT2D eigenvalue weighted by molar-refractivity contribution is 1.11. The van der Waals surface area contributed by atoms with Crippen molar-refractivity contribution in [1.29, 1.82) is 0 Å². The van der Waals surface area contributed by atoms with Crippen molar-refractivity contribution >= 4 is 48.7 Å². The smallest absolute Gasteiger partial charge is 0.191 e. The average Bonchev–Trinajstić information content (AvgIpc) is 2.82. The minimum atomic E-state index is 0.507. The molecule has 0 aromatic carbocycles. The summed E-state index contributed by atoms with van der Waals surface area (Å²) in [4.78, 5) is 17.6. The van der Waals surface area contributed by atoms with Gasteiger partial charge in [0.25, 0.3) is 0 Å². The highest BCUT2D eigenvalue weighted by Gasteiger charge is 2.06. The summed E-state index contributed by atoms with van der Waals surface area (Å²) < 4.78 is 0.895. The molecule has 0 amide bonds. The van der Waals surface area contributed by atoms with Crippen LogP contribution in [0.15, 0.2) is 29.1 Å². The Balaban J connectivity index is 1.80. The van der Waals surface area contributed by atoms with E-state index in [0.717, 1.165) is 20.0 Å². The molecule has 0 aliphatic rings. The van der Waals surface area contributed by atoms with Crippen molar-refractivity contribution in [2.75, 3.05) is 11.1 Å². The van der Waals surface area contributed by atoms with E-state index >= 15 is 0 Å². The van der Waals surface area contributed by atoms with Crippen molar-refractivity contribution in [2.45, 2.75) is 6.54 Å². The number of hydrogen-bond donors (Lipinski definition) is 2. The molecule has 0 unspecified atom stereocenters. The number of fused-ring (bicyclic) bond motifs is 1. The summed E-state index contributed by atoms with van der Waals surface area (Å²) in [5, 5.41) is 3.97. The largest absolute Gasteiger partial charge is 0.383 e. The molecule has 0 radical (unpaired) electrons. The summed E-state index contributed by atoms with van der Waals surface area (Å²) >= 11 is 4.83. The molecule has 0 aliphatic heterocycles. The molecule has 0 bridgehead atoms. The molecule has 0 fully saturated rings. The Hall–Kier alpha value is -1.80. The number of nitrogen functional groups attached to an aromatic ring is 1. The number of nitrogens with zero attached hydrogens (tertiary/aromatic N) is 4. The highest BCUT2D eigenvalue weighted by Crippen LogP contribution is 2.23. The van der Waals surface area contributed by atoms with Gasteiger partial charge < -0.3 is 11.1 Å². The number of hydrogen-bond acceptors (Lipinski definition) is 7. The number of halogens is 1. The third-order valence-electron chi connectivity index (χ3n) is 2.45. The molecule has 8 heteroatoms. The molecule has 0 saturated carbocycles. The number of pyridine rings is 1. The second-order valence-electron chi connectivity index (χ2n) is 3.76. The first-order chi connectivity index (χ1) is 9.22. The molecule has 0 atom stereocenters. The molecule has 19 heavy (non-hydrogen) atoms. The third kappa shape index (κ3) is 2.64. The Bertz CT molecular complexity index is 695. The van der Waals surface area contributed by atoms with Gasteiger partial charge in [-0.15, -0.1) is 0 Å². The van der Waals surface area contributed by atoms with E-state index in [1.807, 2.05) is 6.07 Å². The molecule has 3 aromatic heterocycles. The molecular formula is C11H9BrN6S. The zero-order valence-corrected chi connectivity index (χ0v) is 12.1. The van der Waals surface area contributed by atoms with Crippen LogP contribution in [-0.2, 0) is 6.54 Å². The van der Waals surface area contributed by atoms with Crippen molar-refractivity contribution in [3.05, 3.63) is 34.7 Å². The van der Waals surface area contributed by atoms with Crippen LogP contribution in [0, 0.1) is 0 Å². The van der Waals surface area contributed by atoms with Crippen LogP contribution in [0.4, 0.5) is 10.9 Å². The lowest BCUT2D eigenvalue weighted by Gasteiger charge is -2.05. The van der Waals surface area contributed by atoms with E-state index in [4.69, 9.17) is 5.73 Å². The van der Waals surface area contributed by atoms with E-state index in [1.165, 1.54) is 11.3 Å². The van der Waals surface area contributed by atoms with E-state index in [2.05, 4.69) is 41.2 Å². The minimum absolute atomic E-state index is 0.507.